The lowest BCUT2D eigenvalue weighted by molar-refractivity contribution is 0.187. The quantitative estimate of drug-likeness (QED) is 0.164. The van der Waals surface area contributed by atoms with E-state index in [1.165, 1.54) is 0 Å². The number of halogens is 21. The number of benzene rings is 1. The van der Waals surface area contributed by atoms with Gasteiger partial charge in [0.15, 0.2) is 13.0 Å². The van der Waals surface area contributed by atoms with Crippen LogP contribution in [0.25, 0.3) is 0 Å². The summed E-state index contributed by atoms with van der Waals surface area (Å²) in [6.07, 6.45) is 0.181. The Morgan fingerprint density at radius 3 is 1.00 bits per heavy atom. The van der Waals surface area contributed by atoms with E-state index in [0.29, 0.717) is 0 Å². The molecule has 1 radical (unpaired) electrons. The van der Waals surface area contributed by atoms with Gasteiger partial charge in [-0.1, -0.05) is 244 Å². The minimum absolute atomic E-state index is 0.0233. The number of rotatable bonds is 10. The lowest BCUT2D eigenvalue weighted by Gasteiger charge is -2.44. The van der Waals surface area contributed by atoms with Crippen molar-refractivity contribution in [3.05, 3.63) is 34.4 Å². The van der Waals surface area contributed by atoms with Gasteiger partial charge in [0.2, 0.25) is 24.4 Å². The predicted molar refractivity (Wildman–Crippen MR) is 189 cm³/mol. The summed E-state index contributed by atoms with van der Waals surface area (Å²) in [5.74, 6) is 0. The van der Waals surface area contributed by atoms with Gasteiger partial charge >= 0.3 is 0 Å². The Bertz CT molecular complexity index is 1020. The van der Waals surface area contributed by atoms with Gasteiger partial charge in [0.25, 0.3) is 0 Å². The number of unbranched alkanes of at least 4 members (excludes halogenated alkanes) is 1. The van der Waals surface area contributed by atoms with E-state index in [0.717, 1.165) is 12.1 Å². The van der Waals surface area contributed by atoms with E-state index in [9.17, 15) is 5.11 Å². The van der Waals surface area contributed by atoms with E-state index in [2.05, 4.69) is 0 Å². The summed E-state index contributed by atoms with van der Waals surface area (Å²) in [4.78, 5) is 0. The molecule has 0 saturated heterocycles. The van der Waals surface area contributed by atoms with Gasteiger partial charge in [-0.05, 0) is 53.6 Å². The zero-order valence-corrected chi connectivity index (χ0v) is 34.7. The lowest BCUT2D eigenvalue weighted by atomic mass is 9.87. The highest BCUT2D eigenvalue weighted by atomic mass is 35.6. The fraction of sp³-hybridized carbons (Fsp3) is 0.684. The van der Waals surface area contributed by atoms with Crippen molar-refractivity contribution in [1.29, 1.82) is 0 Å². The molecule has 0 spiro atoms. The SMILES string of the molecule is [O]CCCCc1c(C(Cl)(Cl)C(Cl)(Cl)C(Cl)(Cl)Cl)cc(C(Cl)(Cl)C(Cl)(Cl)C(Cl)(Cl)Cl)cc1C(Cl)(Cl)C(Cl)(Cl)C(Cl)(Cl)Cl. The maximum atomic E-state index is 11.3. The fourth-order valence-corrected chi connectivity index (χ4v) is 7.66. The molecule has 1 rings (SSSR count). The largest absolute Gasteiger partial charge is 0.237 e. The van der Waals surface area contributed by atoms with Crippen LogP contribution in [0.4, 0.5) is 0 Å². The summed E-state index contributed by atoms with van der Waals surface area (Å²) in [6, 6.07) is 2.18. The zero-order chi connectivity index (χ0) is 33.1. The Hall–Kier alpha value is 5.27. The first kappa shape index (κ1) is 44.3. The molecule has 0 aromatic heterocycles. The van der Waals surface area contributed by atoms with Crippen molar-refractivity contribution in [2.45, 2.75) is 56.6 Å². The second-order valence-corrected chi connectivity index (χ2v) is 23.0. The van der Waals surface area contributed by atoms with E-state index in [1.807, 2.05) is 0 Å². The molecule has 0 heterocycles. The first-order chi connectivity index (χ1) is 17.8. The van der Waals surface area contributed by atoms with Crippen LogP contribution in [-0.4, -0.2) is 31.0 Å². The molecule has 0 bridgehead atoms. The molecule has 22 heteroatoms. The number of hydrogen-bond donors (Lipinski definition) is 0. The molecule has 0 aliphatic rings. The van der Waals surface area contributed by atoms with Gasteiger partial charge in [-0.25, -0.2) is 5.11 Å². The van der Waals surface area contributed by atoms with Crippen molar-refractivity contribution in [2.24, 2.45) is 0 Å². The fourth-order valence-electron chi connectivity index (χ4n) is 3.14. The van der Waals surface area contributed by atoms with Gasteiger partial charge in [0, 0.05) is 0 Å². The van der Waals surface area contributed by atoms with Gasteiger partial charge in [0.1, 0.15) is 0 Å². The summed E-state index contributed by atoms with van der Waals surface area (Å²) in [5, 5.41) is 11.3. The Labute approximate surface area is 341 Å². The highest BCUT2D eigenvalue weighted by Crippen LogP contribution is 2.67. The Morgan fingerprint density at radius 2 is 0.732 bits per heavy atom. The smallest absolute Gasteiger partial charge is 0.226 e. The minimum Gasteiger partial charge on any atom is -0.237 e. The van der Waals surface area contributed by atoms with Crippen molar-refractivity contribution < 1.29 is 5.11 Å². The molecule has 0 aliphatic heterocycles. The second-order valence-electron chi connectivity index (χ2n) is 8.15. The molecule has 41 heavy (non-hydrogen) atoms. The van der Waals surface area contributed by atoms with Crippen molar-refractivity contribution in [3.63, 3.8) is 0 Å². The van der Waals surface area contributed by atoms with E-state index in [-0.39, 0.29) is 41.5 Å². The summed E-state index contributed by atoms with van der Waals surface area (Å²) >= 11 is 133. The van der Waals surface area contributed by atoms with Crippen LogP contribution >= 0.6 is 244 Å². The molecule has 1 aromatic rings. The van der Waals surface area contributed by atoms with Crippen LogP contribution in [0.5, 0.6) is 0 Å². The van der Waals surface area contributed by atoms with Gasteiger partial charge in [-0.3, -0.25) is 0 Å². The molecule has 0 saturated carbocycles. The highest BCUT2D eigenvalue weighted by Gasteiger charge is 2.66. The molecule has 0 atom stereocenters. The summed E-state index contributed by atoms with van der Waals surface area (Å²) in [6.45, 7) is -0.481. The zero-order valence-electron chi connectivity index (χ0n) is 18.8. The first-order valence-electron chi connectivity index (χ1n) is 10.0. The molecular formula is C19H10Cl21O. The molecule has 239 valence electrons. The monoisotopic (exact) mass is 988 g/mol. The lowest BCUT2D eigenvalue weighted by Crippen LogP contribution is -2.49. The van der Waals surface area contributed by atoms with E-state index in [4.69, 9.17) is 244 Å². The van der Waals surface area contributed by atoms with Crippen molar-refractivity contribution >= 4 is 244 Å². The molecular weight excluding hydrogens is 989 g/mol. The molecule has 1 nitrogen and oxygen atoms in total. The molecule has 0 unspecified atom stereocenters. The standard InChI is InChI=1S/C19H10Cl21O/c20-11(21,14(26,27)17(32,33)34)7-5-9(12(22,23)15(28,29)18(35,36)37)8(3-1-2-4-41)10(6-7)13(24,25)16(30,31)19(38,39)40/h5-6H,1-4H2. The second kappa shape index (κ2) is 14.9. The summed E-state index contributed by atoms with van der Waals surface area (Å²) in [7, 11) is 0. The van der Waals surface area contributed by atoms with Crippen LogP contribution in [0.2, 0.25) is 0 Å². The van der Waals surface area contributed by atoms with E-state index < -0.39 is 44.0 Å². The molecule has 0 amide bonds. The predicted octanol–water partition coefficient (Wildman–Crippen LogP) is 15.0. The van der Waals surface area contributed by atoms with Gasteiger partial charge in [0.05, 0.1) is 6.61 Å². The Morgan fingerprint density at radius 1 is 0.439 bits per heavy atom. The van der Waals surface area contributed by atoms with Crippen molar-refractivity contribution in [2.75, 3.05) is 6.61 Å². The van der Waals surface area contributed by atoms with Gasteiger partial charge in [-0.15, -0.1) is 0 Å². The van der Waals surface area contributed by atoms with Crippen molar-refractivity contribution in [3.8, 4) is 0 Å². The Balaban J connectivity index is 4.53. The van der Waals surface area contributed by atoms with Gasteiger partial charge < -0.3 is 0 Å². The third kappa shape index (κ3) is 8.78. The van der Waals surface area contributed by atoms with Crippen LogP contribution in [0.3, 0.4) is 0 Å². The topological polar surface area (TPSA) is 19.9 Å². The Kier molecular flexibility index (Phi) is 16.1. The summed E-state index contributed by atoms with van der Waals surface area (Å²) in [5.41, 5.74) is -1.04. The van der Waals surface area contributed by atoms with E-state index in [1.54, 1.807) is 0 Å². The average Bonchev–Trinajstić information content (AvgIpc) is 2.76. The third-order valence-electron chi connectivity index (χ3n) is 5.36. The molecule has 0 fully saturated rings. The average molecular weight is 999 g/mol. The van der Waals surface area contributed by atoms with Crippen LogP contribution in [-0.2, 0) is 24.5 Å². The molecule has 0 aliphatic carbocycles. The maximum absolute atomic E-state index is 11.3. The van der Waals surface area contributed by atoms with Crippen molar-refractivity contribution in [1.82, 2.24) is 0 Å². The number of alkyl halides is 21. The summed E-state index contributed by atoms with van der Waals surface area (Å²) < 4.78 is -23.5. The van der Waals surface area contributed by atoms with E-state index >= 15 is 0 Å². The van der Waals surface area contributed by atoms with Crippen LogP contribution in [0.1, 0.15) is 35.1 Å². The molecule has 1 aromatic carbocycles. The normalized spacial score (nSPS) is 15.5. The van der Waals surface area contributed by atoms with Crippen LogP contribution in [0, 0.1) is 0 Å². The highest BCUT2D eigenvalue weighted by molar-refractivity contribution is 6.80. The molecule has 0 N–H and O–H groups in total. The third-order valence-corrected chi connectivity index (χ3v) is 17.2. The van der Waals surface area contributed by atoms with Crippen LogP contribution in [0.15, 0.2) is 12.1 Å². The first-order valence-corrected chi connectivity index (χ1v) is 18.0. The van der Waals surface area contributed by atoms with Crippen LogP contribution < -0.4 is 0 Å². The maximum Gasteiger partial charge on any atom is 0.226 e. The number of hydrogen-bond acceptors (Lipinski definition) is 0. The minimum atomic E-state index is -2.66. The van der Waals surface area contributed by atoms with Gasteiger partial charge in [-0.2, -0.15) is 0 Å².